The van der Waals surface area contributed by atoms with Crippen molar-refractivity contribution < 1.29 is 9.59 Å². The third kappa shape index (κ3) is 2.12. The summed E-state index contributed by atoms with van der Waals surface area (Å²) in [6, 6.07) is 8.03. The minimum absolute atomic E-state index is 0.0327. The van der Waals surface area contributed by atoms with E-state index in [1.54, 1.807) is 0 Å². The van der Waals surface area contributed by atoms with Crippen LogP contribution in [-0.4, -0.2) is 35.3 Å². The van der Waals surface area contributed by atoms with E-state index in [9.17, 15) is 9.59 Å². The van der Waals surface area contributed by atoms with Crippen molar-refractivity contribution in [3.63, 3.8) is 0 Å². The number of hydrogen-bond donors (Lipinski definition) is 1. The van der Waals surface area contributed by atoms with Crippen molar-refractivity contribution >= 4 is 23.4 Å². The van der Waals surface area contributed by atoms with Crippen molar-refractivity contribution in [2.45, 2.75) is 49.6 Å². The monoisotopic (exact) mass is 318 g/mol. The van der Waals surface area contributed by atoms with Gasteiger partial charge in [0.1, 0.15) is 0 Å². The van der Waals surface area contributed by atoms with Gasteiger partial charge in [-0.3, -0.25) is 9.59 Å². The van der Waals surface area contributed by atoms with Crippen molar-refractivity contribution in [3.8, 4) is 0 Å². The zero-order valence-electron chi connectivity index (χ0n) is 12.3. The van der Waals surface area contributed by atoms with Crippen LogP contribution in [0.5, 0.6) is 0 Å². The van der Waals surface area contributed by atoms with Gasteiger partial charge in [0.25, 0.3) is 0 Å². The molecule has 116 valence electrons. The maximum absolute atomic E-state index is 13.0. The first-order valence-electron chi connectivity index (χ1n) is 7.95. The van der Waals surface area contributed by atoms with Crippen molar-refractivity contribution in [2.24, 2.45) is 0 Å². The van der Waals surface area contributed by atoms with Crippen LogP contribution >= 0.6 is 11.6 Å². The molecule has 2 aliphatic heterocycles. The zero-order valence-corrected chi connectivity index (χ0v) is 13.1. The Hall–Kier alpha value is -1.55. The number of hydrogen-bond acceptors (Lipinski definition) is 2. The average molecular weight is 319 g/mol. The van der Waals surface area contributed by atoms with Crippen LogP contribution in [0.15, 0.2) is 24.3 Å². The lowest BCUT2D eigenvalue weighted by Gasteiger charge is -2.29. The Kier molecular flexibility index (Phi) is 3.19. The molecule has 1 N–H and O–H groups in total. The van der Waals surface area contributed by atoms with E-state index in [1.807, 2.05) is 29.2 Å². The van der Waals surface area contributed by atoms with Gasteiger partial charge in [-0.05, 0) is 37.3 Å². The smallest absolute Gasteiger partial charge is 0.232 e. The second-order valence-corrected chi connectivity index (χ2v) is 7.14. The number of carbonyl (C=O) groups excluding carboxylic acids is 2. The highest BCUT2D eigenvalue weighted by Gasteiger charge is 2.54. The van der Waals surface area contributed by atoms with Crippen LogP contribution in [0.3, 0.4) is 0 Å². The van der Waals surface area contributed by atoms with E-state index < -0.39 is 5.41 Å². The number of nitrogens with one attached hydrogen (secondary N) is 1. The Bertz CT molecular complexity index is 643. The molecule has 22 heavy (non-hydrogen) atoms. The fourth-order valence-electron chi connectivity index (χ4n) is 3.86. The van der Waals surface area contributed by atoms with E-state index in [4.69, 9.17) is 11.6 Å². The van der Waals surface area contributed by atoms with E-state index in [-0.39, 0.29) is 17.9 Å². The van der Waals surface area contributed by atoms with Gasteiger partial charge in [-0.15, -0.1) is 0 Å². The topological polar surface area (TPSA) is 49.4 Å². The van der Waals surface area contributed by atoms with Gasteiger partial charge in [-0.2, -0.15) is 0 Å². The van der Waals surface area contributed by atoms with Crippen molar-refractivity contribution in [2.75, 3.05) is 6.54 Å². The molecule has 0 unspecified atom stereocenters. The molecule has 5 heteroatoms. The summed E-state index contributed by atoms with van der Waals surface area (Å²) in [7, 11) is 0. The lowest BCUT2D eigenvalue weighted by molar-refractivity contribution is -0.129. The number of nitrogens with zero attached hydrogens (tertiary/aromatic N) is 1. The van der Waals surface area contributed by atoms with Crippen molar-refractivity contribution in [1.29, 1.82) is 0 Å². The molecule has 1 aromatic rings. The third-order valence-corrected chi connectivity index (χ3v) is 5.54. The molecule has 0 spiro atoms. The molecule has 0 aromatic heterocycles. The Morgan fingerprint density at radius 1 is 1.27 bits per heavy atom. The van der Waals surface area contributed by atoms with Crippen molar-refractivity contribution in [1.82, 2.24) is 10.2 Å². The standard InChI is InChI=1S/C17H19ClN2O2/c18-14-4-2-1-3-13(14)17(16(22)19-11-5-6-11)9-12-7-8-15(21)20(12)10-17/h1-4,11-12H,5-10H2,(H,19,22)/t12-,17-/m0/s1. The Morgan fingerprint density at radius 2 is 2.05 bits per heavy atom. The number of amides is 2. The predicted molar refractivity (Wildman–Crippen MR) is 83.6 cm³/mol. The fraction of sp³-hybridized carbons (Fsp3) is 0.529. The molecule has 1 aromatic carbocycles. The highest BCUT2D eigenvalue weighted by molar-refractivity contribution is 6.31. The van der Waals surface area contributed by atoms with E-state index >= 15 is 0 Å². The minimum Gasteiger partial charge on any atom is -0.353 e. The largest absolute Gasteiger partial charge is 0.353 e. The first-order chi connectivity index (χ1) is 10.6. The minimum atomic E-state index is -0.693. The summed E-state index contributed by atoms with van der Waals surface area (Å²) in [6.45, 7) is 0.457. The molecule has 1 aliphatic carbocycles. The van der Waals surface area contributed by atoms with Gasteiger partial charge < -0.3 is 10.2 Å². The zero-order chi connectivity index (χ0) is 15.3. The SMILES string of the molecule is O=C1CC[C@H]2C[C@@](C(=O)NC3CC3)(c3ccccc3Cl)CN12. The normalized spacial score (nSPS) is 30.5. The summed E-state index contributed by atoms with van der Waals surface area (Å²) >= 11 is 6.40. The van der Waals surface area contributed by atoms with Gasteiger partial charge in [0.2, 0.25) is 11.8 Å². The number of halogens is 1. The fourth-order valence-corrected chi connectivity index (χ4v) is 4.18. The molecule has 2 saturated heterocycles. The molecule has 0 bridgehead atoms. The molecule has 3 aliphatic rings. The maximum atomic E-state index is 13.0. The summed E-state index contributed by atoms with van der Waals surface area (Å²) < 4.78 is 0. The van der Waals surface area contributed by atoms with E-state index in [0.717, 1.165) is 24.8 Å². The third-order valence-electron chi connectivity index (χ3n) is 5.21. The lowest BCUT2D eigenvalue weighted by Crippen LogP contribution is -2.48. The van der Waals surface area contributed by atoms with Crippen LogP contribution in [0.1, 0.15) is 37.7 Å². The summed E-state index contributed by atoms with van der Waals surface area (Å²) in [6.07, 6.45) is 4.24. The highest BCUT2D eigenvalue weighted by atomic mass is 35.5. The first kappa shape index (κ1) is 14.1. The van der Waals surface area contributed by atoms with Crippen LogP contribution in [-0.2, 0) is 15.0 Å². The summed E-state index contributed by atoms with van der Waals surface area (Å²) in [5.41, 5.74) is 0.166. The number of fused-ring (bicyclic) bond motifs is 1. The van der Waals surface area contributed by atoms with Gasteiger partial charge >= 0.3 is 0 Å². The lowest BCUT2D eigenvalue weighted by atomic mass is 9.76. The van der Waals surface area contributed by atoms with E-state index in [1.165, 1.54) is 0 Å². The van der Waals surface area contributed by atoms with Gasteiger partial charge in [-0.1, -0.05) is 29.8 Å². The average Bonchev–Trinajstić information content (AvgIpc) is 3.13. The quantitative estimate of drug-likeness (QED) is 0.929. The molecule has 0 radical (unpaired) electrons. The van der Waals surface area contributed by atoms with Gasteiger partial charge in [0, 0.05) is 30.1 Å². The number of rotatable bonds is 3. The van der Waals surface area contributed by atoms with Gasteiger partial charge in [0.15, 0.2) is 0 Å². The maximum Gasteiger partial charge on any atom is 0.232 e. The van der Waals surface area contributed by atoms with Crippen LogP contribution in [0.4, 0.5) is 0 Å². The Balaban J connectivity index is 1.74. The van der Waals surface area contributed by atoms with Crippen molar-refractivity contribution in [3.05, 3.63) is 34.9 Å². The summed E-state index contributed by atoms with van der Waals surface area (Å²) in [5, 5.41) is 3.74. The molecule has 4 nitrogen and oxygen atoms in total. The molecule has 2 heterocycles. The molecular formula is C17H19ClN2O2. The number of carbonyl (C=O) groups is 2. The van der Waals surface area contributed by atoms with Gasteiger partial charge in [0.05, 0.1) is 5.41 Å². The first-order valence-corrected chi connectivity index (χ1v) is 8.33. The summed E-state index contributed by atoms with van der Waals surface area (Å²) in [4.78, 5) is 27.0. The number of benzene rings is 1. The summed E-state index contributed by atoms with van der Waals surface area (Å²) in [5.74, 6) is 0.198. The van der Waals surface area contributed by atoms with Crippen LogP contribution < -0.4 is 5.32 Å². The molecular weight excluding hydrogens is 300 g/mol. The second-order valence-electron chi connectivity index (χ2n) is 6.73. The molecule has 4 rings (SSSR count). The predicted octanol–water partition coefficient (Wildman–Crippen LogP) is 2.25. The van der Waals surface area contributed by atoms with Crippen LogP contribution in [0.2, 0.25) is 5.02 Å². The highest BCUT2D eigenvalue weighted by Crippen LogP contribution is 2.45. The second kappa shape index (κ2) is 4.98. The van der Waals surface area contributed by atoms with Crippen LogP contribution in [0.25, 0.3) is 0 Å². The Morgan fingerprint density at radius 3 is 2.73 bits per heavy atom. The van der Waals surface area contributed by atoms with E-state index in [0.29, 0.717) is 30.5 Å². The van der Waals surface area contributed by atoms with Gasteiger partial charge in [-0.25, -0.2) is 0 Å². The van der Waals surface area contributed by atoms with Crippen LogP contribution in [0, 0.1) is 0 Å². The molecule has 2 amide bonds. The molecule has 2 atom stereocenters. The van der Waals surface area contributed by atoms with E-state index in [2.05, 4.69) is 5.32 Å². The molecule has 3 fully saturated rings. The molecule has 1 saturated carbocycles. The Labute approximate surface area is 134 Å².